The molecule has 0 aliphatic rings. The Morgan fingerprint density at radius 1 is 0.727 bits per heavy atom. The summed E-state index contributed by atoms with van der Waals surface area (Å²) in [7, 11) is 0. The van der Waals surface area contributed by atoms with Crippen LogP contribution in [0.25, 0.3) is 31.3 Å². The van der Waals surface area contributed by atoms with Crippen LogP contribution in [0.2, 0.25) is 0 Å². The number of benzene rings is 3. The fraction of sp³-hybridized carbons (Fsp3) is 0.143. The molecule has 0 aliphatic carbocycles. The quantitative estimate of drug-likeness (QED) is 0.380. The van der Waals surface area contributed by atoms with Crippen LogP contribution >= 0.6 is 11.3 Å². The third kappa shape index (κ3) is 2.13. The van der Waals surface area contributed by atoms with E-state index in [0.717, 1.165) is 0 Å². The molecular weight excluding hydrogens is 284 g/mol. The molecule has 0 N–H and O–H groups in total. The zero-order valence-electron chi connectivity index (χ0n) is 12.8. The van der Waals surface area contributed by atoms with E-state index in [-0.39, 0.29) is 0 Å². The van der Waals surface area contributed by atoms with Crippen LogP contribution in [0, 0.1) is 0 Å². The third-order valence-electron chi connectivity index (χ3n) is 4.26. The maximum absolute atomic E-state index is 2.34. The molecule has 0 aliphatic heterocycles. The van der Waals surface area contributed by atoms with Gasteiger partial charge in [-0.15, -0.1) is 11.3 Å². The van der Waals surface area contributed by atoms with Gasteiger partial charge in [0.2, 0.25) is 0 Å². The highest BCUT2D eigenvalue weighted by Gasteiger charge is 2.11. The highest BCUT2D eigenvalue weighted by Crippen LogP contribution is 2.39. The van der Waals surface area contributed by atoms with Crippen molar-refractivity contribution >= 4 is 31.5 Å². The number of fused-ring (bicyclic) bond motifs is 3. The monoisotopic (exact) mass is 302 g/mol. The van der Waals surface area contributed by atoms with Gasteiger partial charge in [-0.25, -0.2) is 0 Å². The van der Waals surface area contributed by atoms with Crippen LogP contribution in [0.1, 0.15) is 25.3 Å². The molecule has 0 saturated heterocycles. The van der Waals surface area contributed by atoms with Gasteiger partial charge in [0.1, 0.15) is 0 Å². The van der Waals surface area contributed by atoms with Crippen molar-refractivity contribution in [2.75, 3.05) is 0 Å². The first-order valence-corrected chi connectivity index (χ1v) is 8.56. The van der Waals surface area contributed by atoms with E-state index in [9.17, 15) is 0 Å². The van der Waals surface area contributed by atoms with E-state index in [1.807, 2.05) is 11.3 Å². The Hall–Kier alpha value is -2.12. The Bertz CT molecular complexity index is 946. The van der Waals surface area contributed by atoms with Crippen molar-refractivity contribution in [3.63, 3.8) is 0 Å². The van der Waals surface area contributed by atoms with E-state index in [1.165, 1.54) is 36.9 Å². The number of thiophene rings is 1. The van der Waals surface area contributed by atoms with Gasteiger partial charge in [0, 0.05) is 20.2 Å². The first-order chi connectivity index (χ1) is 10.7. The summed E-state index contributed by atoms with van der Waals surface area (Å²) in [6, 6.07) is 24.2. The summed E-state index contributed by atoms with van der Waals surface area (Å²) in [4.78, 5) is 0. The van der Waals surface area contributed by atoms with Gasteiger partial charge in [-0.1, -0.05) is 68.4 Å². The van der Waals surface area contributed by atoms with Gasteiger partial charge < -0.3 is 0 Å². The minimum atomic E-state index is 0.561. The van der Waals surface area contributed by atoms with Crippen molar-refractivity contribution in [1.82, 2.24) is 0 Å². The number of hydrogen-bond donors (Lipinski definition) is 0. The first-order valence-electron chi connectivity index (χ1n) is 7.74. The molecule has 0 bridgehead atoms. The lowest BCUT2D eigenvalue weighted by atomic mass is 9.99. The SMILES string of the molecule is CC(C)c1cccc2c1sc1ccc(-c3ccccc3)cc12. The Balaban J connectivity index is 2.00. The van der Waals surface area contributed by atoms with Gasteiger partial charge in [-0.2, -0.15) is 0 Å². The van der Waals surface area contributed by atoms with E-state index in [1.54, 1.807) is 0 Å². The van der Waals surface area contributed by atoms with E-state index in [0.29, 0.717) is 5.92 Å². The van der Waals surface area contributed by atoms with Gasteiger partial charge in [0.05, 0.1) is 0 Å². The average molecular weight is 302 g/mol. The molecule has 0 amide bonds. The van der Waals surface area contributed by atoms with Crippen molar-refractivity contribution in [1.29, 1.82) is 0 Å². The Morgan fingerprint density at radius 3 is 2.32 bits per heavy atom. The predicted octanol–water partition coefficient (Wildman–Crippen LogP) is 6.84. The van der Waals surface area contributed by atoms with Crippen LogP contribution < -0.4 is 0 Å². The molecule has 4 rings (SSSR count). The van der Waals surface area contributed by atoms with Crippen LogP contribution in [0.15, 0.2) is 66.7 Å². The van der Waals surface area contributed by atoms with Crippen molar-refractivity contribution in [3.8, 4) is 11.1 Å². The van der Waals surface area contributed by atoms with Crippen LogP contribution in [0.3, 0.4) is 0 Å². The highest BCUT2D eigenvalue weighted by atomic mass is 32.1. The van der Waals surface area contributed by atoms with Crippen molar-refractivity contribution in [2.24, 2.45) is 0 Å². The molecular formula is C21H18S. The summed E-state index contributed by atoms with van der Waals surface area (Å²) in [5.74, 6) is 0.561. The molecule has 1 aromatic heterocycles. The van der Waals surface area contributed by atoms with E-state index >= 15 is 0 Å². The van der Waals surface area contributed by atoms with Crippen LogP contribution in [-0.2, 0) is 0 Å². The summed E-state index contributed by atoms with van der Waals surface area (Å²) in [5.41, 5.74) is 4.03. The standard InChI is InChI=1S/C21H18S/c1-14(2)17-9-6-10-18-19-13-16(15-7-4-3-5-8-15)11-12-20(19)22-21(17)18/h3-14H,1-2H3. The third-order valence-corrected chi connectivity index (χ3v) is 5.49. The summed E-state index contributed by atoms with van der Waals surface area (Å²) in [5, 5.41) is 2.77. The van der Waals surface area contributed by atoms with Crippen LogP contribution in [0.5, 0.6) is 0 Å². The first kappa shape index (κ1) is 13.5. The van der Waals surface area contributed by atoms with Crippen molar-refractivity contribution in [2.45, 2.75) is 19.8 Å². The molecule has 108 valence electrons. The minimum Gasteiger partial charge on any atom is -0.135 e. The Morgan fingerprint density at radius 2 is 1.55 bits per heavy atom. The normalized spacial score (nSPS) is 11.6. The Kier molecular flexibility index (Phi) is 3.24. The average Bonchev–Trinajstić information content (AvgIpc) is 2.93. The van der Waals surface area contributed by atoms with Crippen LogP contribution in [0.4, 0.5) is 0 Å². The molecule has 0 radical (unpaired) electrons. The lowest BCUT2D eigenvalue weighted by Gasteiger charge is -2.06. The summed E-state index contributed by atoms with van der Waals surface area (Å²) >= 11 is 1.92. The van der Waals surface area contributed by atoms with E-state index in [4.69, 9.17) is 0 Å². The number of hydrogen-bond acceptors (Lipinski definition) is 1. The largest absolute Gasteiger partial charge is 0.135 e. The maximum atomic E-state index is 2.34. The topological polar surface area (TPSA) is 0 Å². The molecule has 4 aromatic rings. The van der Waals surface area contributed by atoms with Gasteiger partial charge >= 0.3 is 0 Å². The van der Waals surface area contributed by atoms with Crippen LogP contribution in [-0.4, -0.2) is 0 Å². The fourth-order valence-corrected chi connectivity index (χ4v) is 4.43. The second-order valence-electron chi connectivity index (χ2n) is 6.06. The Labute approximate surface area is 135 Å². The predicted molar refractivity (Wildman–Crippen MR) is 98.9 cm³/mol. The lowest BCUT2D eigenvalue weighted by Crippen LogP contribution is -1.85. The van der Waals surface area contributed by atoms with Gasteiger partial charge in [0.15, 0.2) is 0 Å². The van der Waals surface area contributed by atoms with Crippen molar-refractivity contribution in [3.05, 3.63) is 72.3 Å². The van der Waals surface area contributed by atoms with E-state index in [2.05, 4.69) is 80.6 Å². The lowest BCUT2D eigenvalue weighted by molar-refractivity contribution is 0.878. The second kappa shape index (κ2) is 5.26. The fourth-order valence-electron chi connectivity index (χ4n) is 3.09. The summed E-state index contributed by atoms with van der Waals surface area (Å²) < 4.78 is 2.82. The molecule has 1 heterocycles. The molecule has 22 heavy (non-hydrogen) atoms. The molecule has 0 atom stereocenters. The molecule has 1 heteroatoms. The molecule has 0 saturated carbocycles. The summed E-state index contributed by atoms with van der Waals surface area (Å²) in [6.07, 6.45) is 0. The molecule has 0 nitrogen and oxygen atoms in total. The van der Waals surface area contributed by atoms with E-state index < -0.39 is 0 Å². The zero-order chi connectivity index (χ0) is 15.1. The van der Waals surface area contributed by atoms with Gasteiger partial charge in [-0.05, 0) is 34.7 Å². The number of rotatable bonds is 2. The zero-order valence-corrected chi connectivity index (χ0v) is 13.7. The van der Waals surface area contributed by atoms with Gasteiger partial charge in [0.25, 0.3) is 0 Å². The smallest absolute Gasteiger partial charge is 0.0390 e. The van der Waals surface area contributed by atoms with Crippen molar-refractivity contribution < 1.29 is 0 Å². The molecule has 0 unspecified atom stereocenters. The maximum Gasteiger partial charge on any atom is 0.0390 e. The molecule has 0 fully saturated rings. The molecule has 0 spiro atoms. The second-order valence-corrected chi connectivity index (χ2v) is 7.11. The minimum absolute atomic E-state index is 0.561. The molecule has 3 aromatic carbocycles. The highest BCUT2D eigenvalue weighted by molar-refractivity contribution is 7.26. The van der Waals surface area contributed by atoms with Gasteiger partial charge in [-0.3, -0.25) is 0 Å². The summed E-state index contributed by atoms with van der Waals surface area (Å²) in [6.45, 7) is 4.54.